The van der Waals surface area contributed by atoms with E-state index in [1.54, 1.807) is 11.9 Å². The Morgan fingerprint density at radius 1 is 1.42 bits per heavy atom. The fraction of sp³-hybridized carbons (Fsp3) is 0.538. The average Bonchev–Trinajstić information content (AvgIpc) is 2.81. The van der Waals surface area contributed by atoms with Gasteiger partial charge in [0, 0.05) is 13.6 Å². The minimum Gasteiger partial charge on any atom is -0.475 e. The van der Waals surface area contributed by atoms with E-state index in [1.807, 2.05) is 0 Å². The number of carboxylic acids is 1. The molecule has 0 saturated carbocycles. The summed E-state index contributed by atoms with van der Waals surface area (Å²) in [6.07, 6.45) is 0.938. The third-order valence-corrected chi connectivity index (χ3v) is 2.67. The zero-order valence-electron chi connectivity index (χ0n) is 11.5. The monoisotopic (exact) mass is 268 g/mol. The molecule has 0 bridgehead atoms. The highest BCUT2D eigenvalue weighted by Crippen LogP contribution is 2.07. The number of urea groups is 1. The van der Waals surface area contributed by atoms with Gasteiger partial charge in [-0.2, -0.15) is 0 Å². The minimum atomic E-state index is -1.12. The van der Waals surface area contributed by atoms with Crippen LogP contribution in [0.2, 0.25) is 0 Å². The first-order chi connectivity index (χ1) is 8.90. The van der Waals surface area contributed by atoms with Crippen LogP contribution in [0.25, 0.3) is 0 Å². The molecule has 0 radical (unpaired) electrons. The molecule has 6 heteroatoms. The highest BCUT2D eigenvalue weighted by molar-refractivity contribution is 5.84. The molecule has 0 fully saturated rings. The van der Waals surface area contributed by atoms with Crippen LogP contribution in [0.4, 0.5) is 4.79 Å². The SMILES string of the molecule is CC(C)CCN(C)C(=O)NCc1ccc(C(=O)O)o1. The van der Waals surface area contributed by atoms with Crippen LogP contribution in [0.5, 0.6) is 0 Å². The van der Waals surface area contributed by atoms with Gasteiger partial charge in [0.2, 0.25) is 5.76 Å². The molecule has 2 amide bonds. The quantitative estimate of drug-likeness (QED) is 0.828. The zero-order valence-corrected chi connectivity index (χ0v) is 11.5. The van der Waals surface area contributed by atoms with Gasteiger partial charge < -0.3 is 19.7 Å². The summed E-state index contributed by atoms with van der Waals surface area (Å²) in [6.45, 7) is 5.06. The first-order valence-corrected chi connectivity index (χ1v) is 6.21. The molecule has 106 valence electrons. The average molecular weight is 268 g/mol. The van der Waals surface area contributed by atoms with Gasteiger partial charge >= 0.3 is 12.0 Å². The second-order valence-corrected chi connectivity index (χ2v) is 4.83. The standard InChI is InChI=1S/C13H20N2O4/c1-9(2)6-7-15(3)13(18)14-8-10-4-5-11(19-10)12(16)17/h4-5,9H,6-8H2,1-3H3,(H,14,18)(H,16,17). The van der Waals surface area contributed by atoms with Crippen molar-refractivity contribution in [3.05, 3.63) is 23.7 Å². The topological polar surface area (TPSA) is 82.8 Å². The maximum Gasteiger partial charge on any atom is 0.371 e. The molecule has 0 aliphatic heterocycles. The number of carboxylic acid groups (broad SMARTS) is 1. The normalized spacial score (nSPS) is 10.5. The van der Waals surface area contributed by atoms with Crippen LogP contribution in [0.3, 0.4) is 0 Å². The number of nitrogens with one attached hydrogen (secondary N) is 1. The molecule has 0 saturated heterocycles. The van der Waals surface area contributed by atoms with Gasteiger partial charge in [0.15, 0.2) is 0 Å². The number of hydrogen-bond acceptors (Lipinski definition) is 3. The van der Waals surface area contributed by atoms with Crippen molar-refractivity contribution >= 4 is 12.0 Å². The maximum atomic E-state index is 11.7. The van der Waals surface area contributed by atoms with Crippen LogP contribution in [0, 0.1) is 5.92 Å². The van der Waals surface area contributed by atoms with E-state index in [0.29, 0.717) is 18.2 Å². The Morgan fingerprint density at radius 2 is 2.11 bits per heavy atom. The van der Waals surface area contributed by atoms with E-state index in [4.69, 9.17) is 9.52 Å². The van der Waals surface area contributed by atoms with Crippen LogP contribution in [-0.2, 0) is 6.54 Å². The highest BCUT2D eigenvalue weighted by Gasteiger charge is 2.12. The van der Waals surface area contributed by atoms with Gasteiger partial charge in [0.05, 0.1) is 6.54 Å². The molecule has 1 rings (SSSR count). The van der Waals surface area contributed by atoms with Gasteiger partial charge in [-0.25, -0.2) is 9.59 Å². The van der Waals surface area contributed by atoms with E-state index in [0.717, 1.165) is 6.42 Å². The molecule has 0 aromatic carbocycles. The Hall–Kier alpha value is -1.98. The Labute approximate surface area is 112 Å². The number of amides is 2. The van der Waals surface area contributed by atoms with Crippen molar-refractivity contribution in [2.75, 3.05) is 13.6 Å². The second-order valence-electron chi connectivity index (χ2n) is 4.83. The first kappa shape index (κ1) is 15.1. The number of carbonyl (C=O) groups is 2. The van der Waals surface area contributed by atoms with Gasteiger partial charge in [-0.15, -0.1) is 0 Å². The van der Waals surface area contributed by atoms with E-state index >= 15 is 0 Å². The van der Waals surface area contributed by atoms with Crippen LogP contribution in [0.15, 0.2) is 16.5 Å². The summed E-state index contributed by atoms with van der Waals surface area (Å²) in [5.41, 5.74) is 0. The fourth-order valence-corrected chi connectivity index (χ4v) is 1.44. The lowest BCUT2D eigenvalue weighted by Crippen LogP contribution is -2.37. The fourth-order valence-electron chi connectivity index (χ4n) is 1.44. The molecule has 19 heavy (non-hydrogen) atoms. The summed E-state index contributed by atoms with van der Waals surface area (Å²) in [6, 6.07) is 2.71. The van der Waals surface area contributed by atoms with Crippen LogP contribution < -0.4 is 5.32 Å². The molecule has 0 spiro atoms. The molecule has 1 aromatic rings. The van der Waals surface area contributed by atoms with Gasteiger partial charge in [-0.1, -0.05) is 13.8 Å². The largest absolute Gasteiger partial charge is 0.475 e. The van der Waals surface area contributed by atoms with Gasteiger partial charge in [0.25, 0.3) is 0 Å². The first-order valence-electron chi connectivity index (χ1n) is 6.21. The summed E-state index contributed by atoms with van der Waals surface area (Å²) in [4.78, 5) is 23.9. The number of aromatic carboxylic acids is 1. The number of rotatable bonds is 6. The Balaban J connectivity index is 2.38. The minimum absolute atomic E-state index is 0.127. The summed E-state index contributed by atoms with van der Waals surface area (Å²) in [7, 11) is 1.72. The lowest BCUT2D eigenvalue weighted by atomic mass is 10.1. The van der Waals surface area contributed by atoms with Crippen LogP contribution >= 0.6 is 0 Å². The van der Waals surface area contributed by atoms with Crippen molar-refractivity contribution < 1.29 is 19.1 Å². The smallest absolute Gasteiger partial charge is 0.371 e. The maximum absolute atomic E-state index is 11.7. The van der Waals surface area contributed by atoms with E-state index in [1.165, 1.54) is 12.1 Å². The van der Waals surface area contributed by atoms with E-state index < -0.39 is 5.97 Å². The summed E-state index contributed by atoms with van der Waals surface area (Å²) in [5.74, 6) is -0.287. The number of hydrogen-bond donors (Lipinski definition) is 2. The van der Waals surface area contributed by atoms with E-state index in [2.05, 4.69) is 19.2 Å². The van der Waals surface area contributed by atoms with Crippen molar-refractivity contribution in [2.45, 2.75) is 26.8 Å². The van der Waals surface area contributed by atoms with Crippen molar-refractivity contribution in [3.8, 4) is 0 Å². The van der Waals surface area contributed by atoms with Gasteiger partial charge in [0.1, 0.15) is 5.76 Å². The van der Waals surface area contributed by atoms with E-state index in [9.17, 15) is 9.59 Å². The van der Waals surface area contributed by atoms with Crippen molar-refractivity contribution in [3.63, 3.8) is 0 Å². The summed E-state index contributed by atoms with van der Waals surface area (Å²) in [5, 5.41) is 11.4. The lowest BCUT2D eigenvalue weighted by molar-refractivity contribution is 0.0660. The molecule has 0 aliphatic carbocycles. The molecule has 1 aromatic heterocycles. The summed E-state index contributed by atoms with van der Waals surface area (Å²) < 4.78 is 5.04. The van der Waals surface area contributed by atoms with Crippen LogP contribution in [0.1, 0.15) is 36.6 Å². The number of furan rings is 1. The van der Waals surface area contributed by atoms with Crippen LogP contribution in [-0.4, -0.2) is 35.6 Å². The zero-order chi connectivity index (χ0) is 14.4. The summed E-state index contributed by atoms with van der Waals surface area (Å²) >= 11 is 0. The molecule has 6 nitrogen and oxygen atoms in total. The highest BCUT2D eigenvalue weighted by atomic mass is 16.4. The Bertz CT molecular complexity index is 440. The predicted molar refractivity (Wildman–Crippen MR) is 70.0 cm³/mol. The van der Waals surface area contributed by atoms with Crippen molar-refractivity contribution in [2.24, 2.45) is 5.92 Å². The van der Waals surface area contributed by atoms with Crippen molar-refractivity contribution in [1.29, 1.82) is 0 Å². The molecule has 2 N–H and O–H groups in total. The Kier molecular flexibility index (Phi) is 5.41. The Morgan fingerprint density at radius 3 is 2.63 bits per heavy atom. The number of nitrogens with zero attached hydrogens (tertiary/aromatic N) is 1. The molecular formula is C13H20N2O4. The molecule has 1 heterocycles. The predicted octanol–water partition coefficient (Wildman–Crippen LogP) is 2.17. The number of carbonyl (C=O) groups excluding carboxylic acids is 1. The molecule has 0 atom stereocenters. The van der Waals surface area contributed by atoms with Crippen molar-refractivity contribution in [1.82, 2.24) is 10.2 Å². The molecule has 0 unspecified atom stereocenters. The van der Waals surface area contributed by atoms with E-state index in [-0.39, 0.29) is 18.3 Å². The van der Waals surface area contributed by atoms with Gasteiger partial charge in [-0.3, -0.25) is 0 Å². The molecule has 0 aliphatic rings. The third kappa shape index (κ3) is 5.03. The third-order valence-electron chi connectivity index (χ3n) is 2.67. The molecular weight excluding hydrogens is 248 g/mol. The lowest BCUT2D eigenvalue weighted by Gasteiger charge is -2.18. The van der Waals surface area contributed by atoms with Gasteiger partial charge in [-0.05, 0) is 24.5 Å². The second kappa shape index (κ2) is 6.82.